The van der Waals surface area contributed by atoms with E-state index in [4.69, 9.17) is 0 Å². The van der Waals surface area contributed by atoms with Gasteiger partial charge in [0.05, 0.1) is 0 Å². The van der Waals surface area contributed by atoms with Gasteiger partial charge in [-0.2, -0.15) is 13.2 Å². The van der Waals surface area contributed by atoms with Crippen LogP contribution in [-0.2, 0) is 6.18 Å². The average Bonchev–Trinajstić information content (AvgIpc) is 2.63. The van der Waals surface area contributed by atoms with E-state index in [0.717, 1.165) is 50.0 Å². The molecular formula is C24H13F5. The zero-order valence-corrected chi connectivity index (χ0v) is 15.2. The first kappa shape index (κ1) is 17.9. The Hall–Kier alpha value is -3.21. The molecule has 0 N–H and O–H groups in total. The monoisotopic (exact) mass is 396 g/mol. The van der Waals surface area contributed by atoms with Crippen molar-refractivity contribution in [1.82, 2.24) is 0 Å². The Morgan fingerprint density at radius 3 is 1.83 bits per heavy atom. The minimum Gasteiger partial charge on any atom is -0.206 e. The Kier molecular flexibility index (Phi) is 3.63. The van der Waals surface area contributed by atoms with Gasteiger partial charge in [-0.15, -0.1) is 0 Å². The van der Waals surface area contributed by atoms with Crippen LogP contribution in [-0.4, -0.2) is 0 Å². The van der Waals surface area contributed by atoms with Gasteiger partial charge in [0.2, 0.25) is 0 Å². The van der Waals surface area contributed by atoms with Gasteiger partial charge in [-0.25, -0.2) is 8.78 Å². The third-order valence-electron chi connectivity index (χ3n) is 5.38. The Labute approximate surface area is 162 Å². The Morgan fingerprint density at radius 1 is 0.655 bits per heavy atom. The van der Waals surface area contributed by atoms with E-state index in [-0.39, 0.29) is 5.56 Å². The molecule has 29 heavy (non-hydrogen) atoms. The van der Waals surface area contributed by atoms with Gasteiger partial charge in [0, 0.05) is 0 Å². The molecule has 0 saturated heterocycles. The molecular weight excluding hydrogens is 383 g/mol. The van der Waals surface area contributed by atoms with Gasteiger partial charge in [-0.1, -0.05) is 48.5 Å². The van der Waals surface area contributed by atoms with Crippen LogP contribution in [0, 0.1) is 18.6 Å². The highest BCUT2D eigenvalue weighted by Gasteiger charge is 2.38. The molecule has 0 unspecified atom stereocenters. The van der Waals surface area contributed by atoms with Crippen molar-refractivity contribution in [3.8, 4) is 11.1 Å². The van der Waals surface area contributed by atoms with Crippen LogP contribution in [0.1, 0.15) is 11.1 Å². The summed E-state index contributed by atoms with van der Waals surface area (Å²) in [5.74, 6) is -3.23. The summed E-state index contributed by atoms with van der Waals surface area (Å²) in [7, 11) is 0. The highest BCUT2D eigenvalue weighted by atomic mass is 19.4. The van der Waals surface area contributed by atoms with Crippen molar-refractivity contribution in [2.75, 3.05) is 0 Å². The summed E-state index contributed by atoms with van der Waals surface area (Å²) < 4.78 is 67.1. The van der Waals surface area contributed by atoms with Crippen molar-refractivity contribution in [2.24, 2.45) is 0 Å². The molecule has 144 valence electrons. The zero-order valence-electron chi connectivity index (χ0n) is 15.2. The first-order valence-corrected chi connectivity index (χ1v) is 8.99. The predicted molar refractivity (Wildman–Crippen MR) is 105 cm³/mol. The van der Waals surface area contributed by atoms with Crippen LogP contribution in [0.25, 0.3) is 43.4 Å². The van der Waals surface area contributed by atoms with E-state index >= 15 is 0 Å². The second kappa shape index (κ2) is 5.89. The number of halogens is 5. The van der Waals surface area contributed by atoms with E-state index in [1.54, 1.807) is 6.07 Å². The van der Waals surface area contributed by atoms with Crippen molar-refractivity contribution >= 4 is 32.3 Å². The SMILES string of the molecule is Cc1cc2ccc3ccc(-c4cc(F)c(C(F)(F)F)c(F)c4)c4ccc(c1)c2c34. The van der Waals surface area contributed by atoms with Crippen LogP contribution >= 0.6 is 0 Å². The molecule has 0 fully saturated rings. The minimum absolute atomic E-state index is 0.0714. The van der Waals surface area contributed by atoms with E-state index in [0.29, 0.717) is 5.56 Å². The second-order valence-electron chi connectivity index (χ2n) is 7.29. The van der Waals surface area contributed by atoms with Crippen LogP contribution in [0.3, 0.4) is 0 Å². The summed E-state index contributed by atoms with van der Waals surface area (Å²) in [6.07, 6.45) is -5.09. The second-order valence-corrected chi connectivity index (χ2v) is 7.29. The van der Waals surface area contributed by atoms with Crippen LogP contribution in [0.2, 0.25) is 0 Å². The first-order valence-electron chi connectivity index (χ1n) is 8.99. The lowest BCUT2D eigenvalue weighted by atomic mass is 9.89. The number of benzene rings is 5. The third kappa shape index (κ3) is 2.64. The molecule has 0 aliphatic carbocycles. The minimum atomic E-state index is -5.09. The topological polar surface area (TPSA) is 0 Å². The molecule has 5 aromatic rings. The Bertz CT molecular complexity index is 1370. The van der Waals surface area contributed by atoms with Gasteiger partial charge >= 0.3 is 6.18 Å². The highest BCUT2D eigenvalue weighted by molar-refractivity contribution is 6.25. The molecule has 0 spiro atoms. The van der Waals surface area contributed by atoms with Gasteiger partial charge in [0.15, 0.2) is 0 Å². The molecule has 5 heteroatoms. The smallest absolute Gasteiger partial charge is 0.206 e. The largest absolute Gasteiger partial charge is 0.422 e. The molecule has 0 radical (unpaired) electrons. The van der Waals surface area contributed by atoms with Crippen molar-refractivity contribution in [3.63, 3.8) is 0 Å². The molecule has 0 nitrogen and oxygen atoms in total. The maximum absolute atomic E-state index is 14.2. The van der Waals surface area contributed by atoms with E-state index in [2.05, 4.69) is 12.1 Å². The third-order valence-corrected chi connectivity index (χ3v) is 5.38. The molecule has 0 saturated carbocycles. The Morgan fingerprint density at radius 2 is 1.21 bits per heavy atom. The fourth-order valence-corrected chi connectivity index (χ4v) is 4.23. The number of aryl methyl sites for hydroxylation is 1. The summed E-state index contributed by atoms with van der Waals surface area (Å²) in [6, 6.07) is 16.9. The summed E-state index contributed by atoms with van der Waals surface area (Å²) in [5.41, 5.74) is -0.196. The fraction of sp³-hybridized carbons (Fsp3) is 0.0833. The van der Waals surface area contributed by atoms with Gasteiger partial charge in [-0.05, 0) is 68.1 Å². The van der Waals surface area contributed by atoms with Crippen LogP contribution < -0.4 is 0 Å². The van der Waals surface area contributed by atoms with Crippen molar-refractivity contribution in [3.05, 3.63) is 83.4 Å². The molecule has 0 atom stereocenters. The van der Waals surface area contributed by atoms with E-state index in [1.165, 1.54) is 0 Å². The maximum Gasteiger partial charge on any atom is 0.422 e. The Balaban J connectivity index is 1.85. The number of hydrogen-bond acceptors (Lipinski definition) is 0. The fourth-order valence-electron chi connectivity index (χ4n) is 4.23. The molecule has 0 amide bonds. The molecule has 5 aromatic carbocycles. The summed E-state index contributed by atoms with van der Waals surface area (Å²) in [4.78, 5) is 0. The normalized spacial score (nSPS) is 12.5. The van der Waals surface area contributed by atoms with Gasteiger partial charge in [0.25, 0.3) is 0 Å². The van der Waals surface area contributed by atoms with Crippen LogP contribution in [0.5, 0.6) is 0 Å². The zero-order chi connectivity index (χ0) is 20.5. The van der Waals surface area contributed by atoms with Crippen LogP contribution in [0.15, 0.2) is 60.7 Å². The molecule has 0 aliphatic heterocycles. The lowest BCUT2D eigenvalue weighted by molar-refractivity contribution is -0.142. The molecule has 0 bridgehead atoms. The summed E-state index contributed by atoms with van der Waals surface area (Å²) in [5, 5.41) is 5.74. The number of alkyl halides is 3. The quantitative estimate of drug-likeness (QED) is 0.200. The molecule has 5 rings (SSSR count). The molecule has 0 aromatic heterocycles. The average molecular weight is 396 g/mol. The van der Waals surface area contributed by atoms with Crippen molar-refractivity contribution in [2.45, 2.75) is 13.1 Å². The van der Waals surface area contributed by atoms with E-state index in [9.17, 15) is 22.0 Å². The molecule has 0 aliphatic rings. The predicted octanol–water partition coefficient (Wildman–Crippen LogP) is 7.86. The lowest BCUT2D eigenvalue weighted by Gasteiger charge is -2.16. The van der Waals surface area contributed by atoms with E-state index in [1.807, 2.05) is 37.3 Å². The highest BCUT2D eigenvalue weighted by Crippen LogP contribution is 2.41. The number of rotatable bonds is 1. The van der Waals surface area contributed by atoms with Crippen LogP contribution in [0.4, 0.5) is 22.0 Å². The van der Waals surface area contributed by atoms with Gasteiger partial charge in [0.1, 0.15) is 17.2 Å². The molecule has 0 heterocycles. The van der Waals surface area contributed by atoms with Crippen molar-refractivity contribution < 1.29 is 22.0 Å². The van der Waals surface area contributed by atoms with E-state index < -0.39 is 23.4 Å². The summed E-state index contributed by atoms with van der Waals surface area (Å²) in [6.45, 7) is 2.01. The van der Waals surface area contributed by atoms with Gasteiger partial charge < -0.3 is 0 Å². The maximum atomic E-state index is 14.2. The summed E-state index contributed by atoms with van der Waals surface area (Å²) >= 11 is 0. The lowest BCUT2D eigenvalue weighted by Crippen LogP contribution is -2.11. The standard InChI is InChI=1S/C24H13F5/c1-12-8-14-3-2-13-4-6-17(18-7-5-15(9-12)21(14)22(13)18)16-10-19(25)23(20(26)11-16)24(27,28)29/h2-11H,1H3. The first-order chi connectivity index (χ1) is 13.7. The number of hydrogen-bond donors (Lipinski definition) is 0. The van der Waals surface area contributed by atoms with Gasteiger partial charge in [-0.3, -0.25) is 0 Å². The van der Waals surface area contributed by atoms with Crippen molar-refractivity contribution in [1.29, 1.82) is 0 Å².